The molecule has 2 aromatic rings. The third-order valence-electron chi connectivity index (χ3n) is 5.88. The van der Waals surface area contributed by atoms with Crippen LogP contribution in [0.3, 0.4) is 0 Å². The predicted molar refractivity (Wildman–Crippen MR) is 112 cm³/mol. The maximum absolute atomic E-state index is 5.53. The van der Waals surface area contributed by atoms with E-state index in [2.05, 4.69) is 62.4 Å². The largest absolute Gasteiger partial charge is 0.494 e. The molecule has 2 aromatic carbocycles. The Hall–Kier alpha value is -1.76. The molecular formula is C25H34O. The first kappa shape index (κ1) is 19.0. The Labute approximate surface area is 159 Å². The van der Waals surface area contributed by atoms with Gasteiger partial charge in [-0.1, -0.05) is 63.1 Å². The van der Waals surface area contributed by atoms with E-state index in [4.69, 9.17) is 4.74 Å². The minimum Gasteiger partial charge on any atom is -0.494 e. The van der Waals surface area contributed by atoms with E-state index in [-0.39, 0.29) is 0 Å². The highest BCUT2D eigenvalue weighted by Crippen LogP contribution is 2.38. The monoisotopic (exact) mass is 350 g/mol. The Balaban J connectivity index is 1.56. The SMILES string of the molecule is CCOc1ccc(-c2ccc(C3CCC(CCC(C)C)CC3)cc2)cc1. The molecule has 1 heteroatoms. The fourth-order valence-electron chi connectivity index (χ4n) is 4.21. The fourth-order valence-corrected chi connectivity index (χ4v) is 4.21. The van der Waals surface area contributed by atoms with E-state index in [1.54, 1.807) is 0 Å². The van der Waals surface area contributed by atoms with Crippen molar-refractivity contribution in [2.75, 3.05) is 6.61 Å². The molecule has 0 atom stereocenters. The normalized spacial score (nSPS) is 20.3. The topological polar surface area (TPSA) is 9.23 Å². The Morgan fingerprint density at radius 2 is 1.42 bits per heavy atom. The Kier molecular flexibility index (Phi) is 6.77. The summed E-state index contributed by atoms with van der Waals surface area (Å²) in [4.78, 5) is 0. The van der Waals surface area contributed by atoms with Crippen LogP contribution in [0.25, 0.3) is 11.1 Å². The molecule has 1 nitrogen and oxygen atoms in total. The summed E-state index contributed by atoms with van der Waals surface area (Å²) in [5.74, 6) is 3.53. The smallest absolute Gasteiger partial charge is 0.119 e. The van der Waals surface area contributed by atoms with Gasteiger partial charge in [-0.15, -0.1) is 0 Å². The summed E-state index contributed by atoms with van der Waals surface area (Å²) in [6.07, 6.45) is 8.39. The highest BCUT2D eigenvalue weighted by Gasteiger charge is 2.22. The molecule has 1 saturated carbocycles. The molecule has 140 valence electrons. The number of ether oxygens (including phenoxy) is 1. The van der Waals surface area contributed by atoms with Crippen molar-refractivity contribution in [2.45, 2.75) is 65.2 Å². The maximum Gasteiger partial charge on any atom is 0.119 e. The van der Waals surface area contributed by atoms with E-state index in [1.165, 1.54) is 55.2 Å². The van der Waals surface area contributed by atoms with Crippen molar-refractivity contribution < 1.29 is 4.74 Å². The standard InChI is InChI=1S/C25H34O/c1-4-26-25-17-15-24(16-18-25)23-13-11-22(12-14-23)21-9-7-20(8-10-21)6-5-19(2)3/h11-21H,4-10H2,1-3H3. The van der Waals surface area contributed by atoms with Crippen molar-refractivity contribution in [1.29, 1.82) is 0 Å². The van der Waals surface area contributed by atoms with Gasteiger partial charge in [0.15, 0.2) is 0 Å². The molecule has 0 spiro atoms. The summed E-state index contributed by atoms with van der Waals surface area (Å²) in [6, 6.07) is 17.7. The minimum absolute atomic E-state index is 0.716. The van der Waals surface area contributed by atoms with Crippen LogP contribution in [-0.4, -0.2) is 6.61 Å². The van der Waals surface area contributed by atoms with E-state index in [0.29, 0.717) is 6.61 Å². The summed E-state index contributed by atoms with van der Waals surface area (Å²) in [5, 5.41) is 0. The zero-order chi connectivity index (χ0) is 18.4. The molecule has 0 aliphatic heterocycles. The van der Waals surface area contributed by atoms with Crippen molar-refractivity contribution in [2.24, 2.45) is 11.8 Å². The van der Waals surface area contributed by atoms with Crippen molar-refractivity contribution >= 4 is 0 Å². The average Bonchev–Trinajstić information content (AvgIpc) is 2.68. The van der Waals surface area contributed by atoms with Crippen LogP contribution in [0.5, 0.6) is 5.75 Å². The van der Waals surface area contributed by atoms with Gasteiger partial charge in [-0.3, -0.25) is 0 Å². The maximum atomic E-state index is 5.53. The molecule has 0 unspecified atom stereocenters. The Morgan fingerprint density at radius 1 is 0.846 bits per heavy atom. The first-order chi connectivity index (χ1) is 12.7. The van der Waals surface area contributed by atoms with Gasteiger partial charge < -0.3 is 4.74 Å². The van der Waals surface area contributed by atoms with Gasteiger partial charge in [-0.05, 0) is 79.2 Å². The first-order valence-electron chi connectivity index (χ1n) is 10.5. The minimum atomic E-state index is 0.716. The lowest BCUT2D eigenvalue weighted by Gasteiger charge is -2.29. The molecule has 0 saturated heterocycles. The molecule has 0 radical (unpaired) electrons. The first-order valence-corrected chi connectivity index (χ1v) is 10.5. The quantitative estimate of drug-likeness (QED) is 0.503. The number of hydrogen-bond donors (Lipinski definition) is 0. The molecule has 0 heterocycles. The van der Waals surface area contributed by atoms with Gasteiger partial charge in [0.2, 0.25) is 0 Å². The number of hydrogen-bond acceptors (Lipinski definition) is 1. The van der Waals surface area contributed by atoms with Gasteiger partial charge >= 0.3 is 0 Å². The van der Waals surface area contributed by atoms with E-state index in [9.17, 15) is 0 Å². The van der Waals surface area contributed by atoms with Crippen LogP contribution in [0.4, 0.5) is 0 Å². The molecule has 1 aliphatic carbocycles. The zero-order valence-electron chi connectivity index (χ0n) is 16.7. The Bertz CT molecular complexity index is 646. The summed E-state index contributed by atoms with van der Waals surface area (Å²) in [6.45, 7) is 7.42. The molecule has 3 rings (SSSR count). The second-order valence-electron chi connectivity index (χ2n) is 8.27. The van der Waals surface area contributed by atoms with Gasteiger partial charge in [0, 0.05) is 0 Å². The second-order valence-corrected chi connectivity index (χ2v) is 8.27. The van der Waals surface area contributed by atoms with E-state index in [1.807, 2.05) is 6.92 Å². The lowest BCUT2D eigenvalue weighted by Crippen LogP contribution is -2.14. The van der Waals surface area contributed by atoms with Crippen molar-refractivity contribution in [1.82, 2.24) is 0 Å². The van der Waals surface area contributed by atoms with Crippen LogP contribution >= 0.6 is 0 Å². The van der Waals surface area contributed by atoms with Gasteiger partial charge in [0.1, 0.15) is 5.75 Å². The molecule has 0 amide bonds. The van der Waals surface area contributed by atoms with E-state index >= 15 is 0 Å². The lowest BCUT2D eigenvalue weighted by molar-refractivity contribution is 0.293. The van der Waals surface area contributed by atoms with Crippen molar-refractivity contribution in [3.05, 3.63) is 54.1 Å². The summed E-state index contributed by atoms with van der Waals surface area (Å²) < 4.78 is 5.53. The van der Waals surface area contributed by atoms with Gasteiger partial charge in [-0.2, -0.15) is 0 Å². The van der Waals surface area contributed by atoms with E-state index in [0.717, 1.165) is 23.5 Å². The fraction of sp³-hybridized carbons (Fsp3) is 0.520. The average molecular weight is 351 g/mol. The molecule has 0 bridgehead atoms. The van der Waals surface area contributed by atoms with Crippen LogP contribution in [-0.2, 0) is 0 Å². The van der Waals surface area contributed by atoms with Crippen LogP contribution < -0.4 is 4.74 Å². The van der Waals surface area contributed by atoms with Gasteiger partial charge in [0.25, 0.3) is 0 Å². The Morgan fingerprint density at radius 3 is 1.96 bits per heavy atom. The second kappa shape index (κ2) is 9.26. The molecule has 1 aliphatic rings. The van der Waals surface area contributed by atoms with Crippen LogP contribution in [0.15, 0.2) is 48.5 Å². The highest BCUT2D eigenvalue weighted by atomic mass is 16.5. The number of rotatable bonds is 7. The van der Waals surface area contributed by atoms with Gasteiger partial charge in [0.05, 0.1) is 6.61 Å². The number of benzene rings is 2. The summed E-state index contributed by atoms with van der Waals surface area (Å²) in [7, 11) is 0. The van der Waals surface area contributed by atoms with Crippen LogP contribution in [0.1, 0.15) is 70.8 Å². The zero-order valence-corrected chi connectivity index (χ0v) is 16.7. The van der Waals surface area contributed by atoms with Crippen LogP contribution in [0, 0.1) is 11.8 Å². The summed E-state index contributed by atoms with van der Waals surface area (Å²) in [5.41, 5.74) is 4.09. The lowest BCUT2D eigenvalue weighted by atomic mass is 9.76. The van der Waals surface area contributed by atoms with Gasteiger partial charge in [-0.25, -0.2) is 0 Å². The predicted octanol–water partition coefficient (Wildman–Crippen LogP) is 7.46. The summed E-state index contributed by atoms with van der Waals surface area (Å²) >= 11 is 0. The van der Waals surface area contributed by atoms with E-state index < -0.39 is 0 Å². The molecular weight excluding hydrogens is 316 g/mol. The third kappa shape index (κ3) is 5.13. The molecule has 0 aromatic heterocycles. The molecule has 26 heavy (non-hydrogen) atoms. The van der Waals surface area contributed by atoms with Crippen molar-refractivity contribution in [3.8, 4) is 16.9 Å². The van der Waals surface area contributed by atoms with Crippen molar-refractivity contribution in [3.63, 3.8) is 0 Å². The molecule has 1 fully saturated rings. The highest BCUT2D eigenvalue weighted by molar-refractivity contribution is 5.64. The van der Waals surface area contributed by atoms with Crippen LogP contribution in [0.2, 0.25) is 0 Å². The third-order valence-corrected chi connectivity index (χ3v) is 5.88. The molecule has 0 N–H and O–H groups in total.